The van der Waals surface area contributed by atoms with Gasteiger partial charge in [-0.2, -0.15) is 0 Å². The predicted octanol–water partition coefficient (Wildman–Crippen LogP) is 3.11. The zero-order valence-electron chi connectivity index (χ0n) is 10.7. The molecule has 0 saturated heterocycles. The summed E-state index contributed by atoms with van der Waals surface area (Å²) in [4.78, 5) is 10.7. The fourth-order valence-electron chi connectivity index (χ4n) is 2.51. The van der Waals surface area contributed by atoms with Crippen LogP contribution in [0.2, 0.25) is 0 Å². The maximum Gasteiger partial charge on any atom is 0.142 e. The number of nitrogens with one attached hydrogen (secondary N) is 1. The molecule has 94 valence electrons. The van der Waals surface area contributed by atoms with Crippen LogP contribution >= 0.6 is 11.3 Å². The molecular formula is C14H17N3S. The van der Waals surface area contributed by atoms with Crippen molar-refractivity contribution in [2.75, 3.05) is 7.05 Å². The predicted molar refractivity (Wildman–Crippen MR) is 74.8 cm³/mol. The van der Waals surface area contributed by atoms with Crippen molar-refractivity contribution < 1.29 is 0 Å². The van der Waals surface area contributed by atoms with E-state index < -0.39 is 0 Å². The first-order valence-electron chi connectivity index (χ1n) is 6.38. The van der Waals surface area contributed by atoms with Gasteiger partial charge in [-0.25, -0.2) is 4.98 Å². The molecule has 3 nitrogen and oxygen atoms in total. The van der Waals surface area contributed by atoms with E-state index in [9.17, 15) is 0 Å². The summed E-state index contributed by atoms with van der Waals surface area (Å²) in [5.74, 6) is 0. The van der Waals surface area contributed by atoms with Gasteiger partial charge in [-0.1, -0.05) is 6.07 Å². The summed E-state index contributed by atoms with van der Waals surface area (Å²) in [6.07, 6.45) is 5.39. The van der Waals surface area contributed by atoms with E-state index in [0.717, 1.165) is 17.1 Å². The van der Waals surface area contributed by atoms with Crippen LogP contribution in [0.25, 0.3) is 10.7 Å². The third kappa shape index (κ3) is 1.95. The highest BCUT2D eigenvalue weighted by Crippen LogP contribution is 2.37. The highest BCUT2D eigenvalue weighted by Gasteiger charge is 2.24. The smallest absolute Gasteiger partial charge is 0.142 e. The van der Waals surface area contributed by atoms with Gasteiger partial charge in [0.25, 0.3) is 0 Å². The third-order valence-electron chi connectivity index (χ3n) is 3.51. The lowest BCUT2D eigenvalue weighted by Gasteiger charge is -2.19. The van der Waals surface area contributed by atoms with Crippen molar-refractivity contribution in [2.45, 2.75) is 32.2 Å². The third-order valence-corrected chi connectivity index (χ3v) is 4.73. The molecule has 3 rings (SSSR count). The molecule has 0 spiro atoms. The molecule has 2 heterocycles. The van der Waals surface area contributed by atoms with E-state index >= 15 is 0 Å². The summed E-state index contributed by atoms with van der Waals surface area (Å²) in [5, 5.41) is 4.46. The highest BCUT2D eigenvalue weighted by atomic mass is 32.1. The van der Waals surface area contributed by atoms with Crippen molar-refractivity contribution in [3.05, 3.63) is 34.5 Å². The number of pyridine rings is 1. The number of aryl methyl sites for hydroxylation is 2. The van der Waals surface area contributed by atoms with Crippen LogP contribution in [0.4, 0.5) is 0 Å². The van der Waals surface area contributed by atoms with Gasteiger partial charge in [-0.15, -0.1) is 11.3 Å². The molecule has 2 aromatic heterocycles. The van der Waals surface area contributed by atoms with E-state index in [1.165, 1.54) is 29.0 Å². The van der Waals surface area contributed by atoms with Gasteiger partial charge in [0.15, 0.2) is 0 Å². The molecular weight excluding hydrogens is 242 g/mol. The molecule has 0 radical (unpaired) electrons. The Kier molecular flexibility index (Phi) is 3.14. The van der Waals surface area contributed by atoms with Gasteiger partial charge in [0.2, 0.25) is 0 Å². The van der Waals surface area contributed by atoms with Crippen LogP contribution in [0.1, 0.15) is 35.0 Å². The number of thiazole rings is 1. The minimum Gasteiger partial charge on any atom is -0.312 e. The first-order valence-corrected chi connectivity index (χ1v) is 7.20. The second-order valence-corrected chi connectivity index (χ2v) is 5.76. The van der Waals surface area contributed by atoms with E-state index in [1.807, 2.05) is 19.3 Å². The molecule has 1 aliphatic rings. The minimum atomic E-state index is 0.476. The normalized spacial score (nSPS) is 18.7. The van der Waals surface area contributed by atoms with E-state index in [1.54, 1.807) is 11.3 Å². The van der Waals surface area contributed by atoms with Crippen LogP contribution < -0.4 is 5.32 Å². The maximum absolute atomic E-state index is 4.80. The van der Waals surface area contributed by atoms with Crippen molar-refractivity contribution in [3.8, 4) is 10.7 Å². The topological polar surface area (TPSA) is 37.8 Å². The van der Waals surface area contributed by atoms with Gasteiger partial charge in [-0.3, -0.25) is 4.98 Å². The van der Waals surface area contributed by atoms with Crippen LogP contribution in [-0.2, 0) is 6.42 Å². The Labute approximate surface area is 111 Å². The quantitative estimate of drug-likeness (QED) is 0.900. The average Bonchev–Trinajstić information content (AvgIpc) is 2.82. The van der Waals surface area contributed by atoms with E-state index in [-0.39, 0.29) is 0 Å². The van der Waals surface area contributed by atoms with Crippen molar-refractivity contribution >= 4 is 11.3 Å². The van der Waals surface area contributed by atoms with Gasteiger partial charge in [0, 0.05) is 17.1 Å². The number of rotatable bonds is 2. The van der Waals surface area contributed by atoms with Crippen LogP contribution in [0.15, 0.2) is 18.3 Å². The molecule has 4 heteroatoms. The van der Waals surface area contributed by atoms with Gasteiger partial charge in [0.1, 0.15) is 10.7 Å². The SMILES string of the molecule is CNC1CCCc2nc(-c3ncccc3C)sc21. The van der Waals surface area contributed by atoms with Crippen LogP contribution in [-0.4, -0.2) is 17.0 Å². The number of hydrogen-bond acceptors (Lipinski definition) is 4. The molecule has 2 aromatic rings. The first kappa shape index (κ1) is 11.8. The molecule has 0 amide bonds. The van der Waals surface area contributed by atoms with E-state index in [2.05, 4.69) is 23.3 Å². The number of hydrogen-bond donors (Lipinski definition) is 1. The van der Waals surface area contributed by atoms with Crippen molar-refractivity contribution in [1.29, 1.82) is 0 Å². The fourth-order valence-corrected chi connectivity index (χ4v) is 3.82. The standard InChI is InChI=1S/C14H17N3S/c1-9-5-4-8-16-12(9)14-17-11-7-3-6-10(15-2)13(11)18-14/h4-5,8,10,15H,3,6-7H2,1-2H3. The molecule has 18 heavy (non-hydrogen) atoms. The molecule has 1 unspecified atom stereocenters. The largest absolute Gasteiger partial charge is 0.312 e. The molecule has 1 atom stereocenters. The molecule has 1 aliphatic carbocycles. The average molecular weight is 259 g/mol. The van der Waals surface area contributed by atoms with Gasteiger partial charge in [-0.05, 0) is 44.9 Å². The number of nitrogens with zero attached hydrogens (tertiary/aromatic N) is 2. The molecule has 0 bridgehead atoms. The number of aromatic nitrogens is 2. The summed E-state index contributed by atoms with van der Waals surface area (Å²) >= 11 is 1.80. The summed E-state index contributed by atoms with van der Waals surface area (Å²) in [5.41, 5.74) is 3.50. The van der Waals surface area contributed by atoms with E-state index in [4.69, 9.17) is 4.98 Å². The van der Waals surface area contributed by atoms with Crippen molar-refractivity contribution in [1.82, 2.24) is 15.3 Å². The molecule has 0 aliphatic heterocycles. The summed E-state index contributed by atoms with van der Waals surface area (Å²) < 4.78 is 0. The lowest BCUT2D eigenvalue weighted by molar-refractivity contribution is 0.501. The van der Waals surface area contributed by atoms with E-state index in [0.29, 0.717) is 6.04 Å². The Morgan fingerprint density at radius 1 is 1.44 bits per heavy atom. The Hall–Kier alpha value is -1.26. The molecule has 0 fully saturated rings. The first-order chi connectivity index (χ1) is 8.79. The molecule has 0 saturated carbocycles. The Balaban J connectivity index is 2.05. The van der Waals surface area contributed by atoms with Crippen LogP contribution in [0.5, 0.6) is 0 Å². The second kappa shape index (κ2) is 4.78. The summed E-state index contributed by atoms with van der Waals surface area (Å²) in [6.45, 7) is 2.10. The summed E-state index contributed by atoms with van der Waals surface area (Å²) in [7, 11) is 2.03. The van der Waals surface area contributed by atoms with Crippen molar-refractivity contribution in [2.24, 2.45) is 0 Å². The van der Waals surface area contributed by atoms with Gasteiger partial charge < -0.3 is 5.32 Å². The highest BCUT2D eigenvalue weighted by molar-refractivity contribution is 7.15. The lowest BCUT2D eigenvalue weighted by atomic mass is 9.98. The monoisotopic (exact) mass is 259 g/mol. The minimum absolute atomic E-state index is 0.476. The Morgan fingerprint density at radius 2 is 2.33 bits per heavy atom. The number of fused-ring (bicyclic) bond motifs is 1. The second-order valence-electron chi connectivity index (χ2n) is 4.73. The zero-order chi connectivity index (χ0) is 12.5. The Morgan fingerprint density at radius 3 is 3.11 bits per heavy atom. The molecule has 1 N–H and O–H groups in total. The fraction of sp³-hybridized carbons (Fsp3) is 0.429. The zero-order valence-corrected chi connectivity index (χ0v) is 11.5. The molecule has 0 aromatic carbocycles. The van der Waals surface area contributed by atoms with Crippen LogP contribution in [0, 0.1) is 6.92 Å². The van der Waals surface area contributed by atoms with Gasteiger partial charge >= 0.3 is 0 Å². The Bertz CT molecular complexity index is 562. The van der Waals surface area contributed by atoms with Crippen LogP contribution in [0.3, 0.4) is 0 Å². The van der Waals surface area contributed by atoms with Crippen molar-refractivity contribution in [3.63, 3.8) is 0 Å². The van der Waals surface area contributed by atoms with Gasteiger partial charge in [0.05, 0.1) is 5.69 Å². The lowest BCUT2D eigenvalue weighted by Crippen LogP contribution is -2.19. The maximum atomic E-state index is 4.80. The summed E-state index contributed by atoms with van der Waals surface area (Å²) in [6, 6.07) is 4.55.